The molecule has 1 N–H and O–H groups in total. The molecule has 4 heteroatoms. The largest absolute Gasteiger partial charge is 0.466 e. The average molecular weight is 270 g/mol. The van der Waals surface area contributed by atoms with Crippen LogP contribution in [0.1, 0.15) is 31.7 Å². The molecule has 0 radical (unpaired) electrons. The quantitative estimate of drug-likeness (QED) is 0.870. The molecule has 1 heterocycles. The normalized spacial score (nSPS) is 18.9. The molecule has 0 spiro atoms. The first-order chi connectivity index (χ1) is 9.79. The molecule has 4 nitrogen and oxygen atoms in total. The highest BCUT2D eigenvalue weighted by Gasteiger charge is 2.23. The lowest BCUT2D eigenvalue weighted by molar-refractivity contribution is -0.148. The summed E-state index contributed by atoms with van der Waals surface area (Å²) in [7, 11) is 0. The van der Waals surface area contributed by atoms with E-state index in [0.29, 0.717) is 6.61 Å². The fourth-order valence-electron chi connectivity index (χ4n) is 2.80. The van der Waals surface area contributed by atoms with Crippen molar-refractivity contribution in [2.45, 2.75) is 26.2 Å². The standard InChI is InChI=1S/C16H18N2O2/c1-2-20-16(19)12-8-6-11(7-9-12)13-4-3-5-15-14(13)10-17-18-15/h3-6,10,12H,2,7-9H2,1H3,(H,17,18). The number of rotatable bonds is 3. The molecule has 1 aromatic carbocycles. The van der Waals surface area contributed by atoms with Crippen molar-refractivity contribution in [1.29, 1.82) is 0 Å². The Balaban J connectivity index is 1.83. The van der Waals surface area contributed by atoms with Crippen LogP contribution in [0.5, 0.6) is 0 Å². The van der Waals surface area contributed by atoms with Crippen molar-refractivity contribution < 1.29 is 9.53 Å². The van der Waals surface area contributed by atoms with Crippen LogP contribution in [-0.2, 0) is 9.53 Å². The number of ether oxygens (including phenoxy) is 1. The van der Waals surface area contributed by atoms with E-state index in [1.54, 1.807) is 0 Å². The van der Waals surface area contributed by atoms with Crippen LogP contribution in [0, 0.1) is 5.92 Å². The molecule has 20 heavy (non-hydrogen) atoms. The third-order valence-electron chi connectivity index (χ3n) is 3.86. The summed E-state index contributed by atoms with van der Waals surface area (Å²) in [5.41, 5.74) is 3.58. The second-order valence-corrected chi connectivity index (χ2v) is 5.09. The molecule has 1 atom stereocenters. The number of hydrogen-bond donors (Lipinski definition) is 1. The molecular formula is C16H18N2O2. The summed E-state index contributed by atoms with van der Waals surface area (Å²) in [6.07, 6.45) is 6.57. The van der Waals surface area contributed by atoms with E-state index in [0.717, 1.165) is 30.2 Å². The minimum Gasteiger partial charge on any atom is -0.466 e. The summed E-state index contributed by atoms with van der Waals surface area (Å²) in [6, 6.07) is 6.18. The molecule has 2 aromatic rings. The second kappa shape index (κ2) is 5.49. The molecule has 0 fully saturated rings. The fraction of sp³-hybridized carbons (Fsp3) is 0.375. The van der Waals surface area contributed by atoms with Gasteiger partial charge < -0.3 is 4.74 Å². The number of aromatic nitrogens is 2. The first-order valence-electron chi connectivity index (χ1n) is 7.07. The van der Waals surface area contributed by atoms with Gasteiger partial charge in [0.2, 0.25) is 0 Å². The van der Waals surface area contributed by atoms with Crippen molar-refractivity contribution in [3.63, 3.8) is 0 Å². The Morgan fingerprint density at radius 1 is 1.50 bits per heavy atom. The molecular weight excluding hydrogens is 252 g/mol. The molecule has 0 aliphatic heterocycles. The number of fused-ring (bicyclic) bond motifs is 1. The zero-order valence-electron chi connectivity index (χ0n) is 11.6. The van der Waals surface area contributed by atoms with E-state index >= 15 is 0 Å². The number of benzene rings is 1. The zero-order chi connectivity index (χ0) is 13.9. The summed E-state index contributed by atoms with van der Waals surface area (Å²) in [5, 5.41) is 8.24. The Morgan fingerprint density at radius 3 is 3.15 bits per heavy atom. The lowest BCUT2D eigenvalue weighted by Gasteiger charge is -2.21. The van der Waals surface area contributed by atoms with Gasteiger partial charge in [0.05, 0.1) is 24.2 Å². The van der Waals surface area contributed by atoms with Crippen LogP contribution in [0.25, 0.3) is 16.5 Å². The first-order valence-corrected chi connectivity index (χ1v) is 7.07. The molecule has 1 aliphatic rings. The summed E-state index contributed by atoms with van der Waals surface area (Å²) in [4.78, 5) is 11.7. The Bertz CT molecular complexity index is 657. The average Bonchev–Trinajstić information content (AvgIpc) is 2.96. The Morgan fingerprint density at radius 2 is 2.40 bits per heavy atom. The number of H-pyrrole nitrogens is 1. The molecule has 0 saturated carbocycles. The van der Waals surface area contributed by atoms with Crippen LogP contribution in [0.15, 0.2) is 30.5 Å². The smallest absolute Gasteiger partial charge is 0.309 e. The van der Waals surface area contributed by atoms with Crippen LogP contribution < -0.4 is 0 Å². The second-order valence-electron chi connectivity index (χ2n) is 5.09. The monoisotopic (exact) mass is 270 g/mol. The predicted molar refractivity (Wildman–Crippen MR) is 78.0 cm³/mol. The Kier molecular flexibility index (Phi) is 3.54. The van der Waals surface area contributed by atoms with Crippen LogP contribution in [0.2, 0.25) is 0 Å². The van der Waals surface area contributed by atoms with Gasteiger partial charge in [0.1, 0.15) is 0 Å². The molecule has 1 aromatic heterocycles. The topological polar surface area (TPSA) is 55.0 Å². The highest BCUT2D eigenvalue weighted by atomic mass is 16.5. The third kappa shape index (κ3) is 2.33. The van der Waals surface area contributed by atoms with Crippen molar-refractivity contribution in [2.75, 3.05) is 6.61 Å². The van der Waals surface area contributed by atoms with E-state index in [-0.39, 0.29) is 11.9 Å². The van der Waals surface area contributed by atoms with Gasteiger partial charge in [-0.05, 0) is 43.4 Å². The van der Waals surface area contributed by atoms with Crippen molar-refractivity contribution in [3.8, 4) is 0 Å². The van der Waals surface area contributed by atoms with Gasteiger partial charge in [-0.15, -0.1) is 0 Å². The van der Waals surface area contributed by atoms with E-state index in [4.69, 9.17) is 4.74 Å². The van der Waals surface area contributed by atoms with Gasteiger partial charge in [-0.1, -0.05) is 18.2 Å². The van der Waals surface area contributed by atoms with Gasteiger partial charge in [-0.25, -0.2) is 0 Å². The van der Waals surface area contributed by atoms with Gasteiger partial charge in [0.15, 0.2) is 0 Å². The van der Waals surface area contributed by atoms with E-state index < -0.39 is 0 Å². The van der Waals surface area contributed by atoms with Crippen LogP contribution >= 0.6 is 0 Å². The van der Waals surface area contributed by atoms with Crippen LogP contribution in [0.4, 0.5) is 0 Å². The Labute approximate surface area is 117 Å². The van der Waals surface area contributed by atoms with Crippen molar-refractivity contribution in [1.82, 2.24) is 10.2 Å². The lowest BCUT2D eigenvalue weighted by Crippen LogP contribution is -2.19. The van der Waals surface area contributed by atoms with E-state index in [2.05, 4.69) is 22.3 Å². The van der Waals surface area contributed by atoms with E-state index in [1.807, 2.05) is 25.3 Å². The van der Waals surface area contributed by atoms with Crippen LogP contribution in [0.3, 0.4) is 0 Å². The molecule has 104 valence electrons. The summed E-state index contributed by atoms with van der Waals surface area (Å²) >= 11 is 0. The maximum absolute atomic E-state index is 11.7. The molecule has 3 rings (SSSR count). The molecule has 1 unspecified atom stereocenters. The van der Waals surface area contributed by atoms with Gasteiger partial charge in [-0.3, -0.25) is 9.89 Å². The number of nitrogens with one attached hydrogen (secondary N) is 1. The molecule has 1 aliphatic carbocycles. The van der Waals surface area contributed by atoms with Crippen molar-refractivity contribution in [3.05, 3.63) is 36.0 Å². The number of hydrogen-bond acceptors (Lipinski definition) is 3. The van der Waals surface area contributed by atoms with Gasteiger partial charge >= 0.3 is 5.97 Å². The van der Waals surface area contributed by atoms with Gasteiger partial charge in [-0.2, -0.15) is 5.10 Å². The minimum atomic E-state index is -0.0654. The summed E-state index contributed by atoms with van der Waals surface area (Å²) in [5.74, 6) is -0.0495. The highest BCUT2D eigenvalue weighted by Crippen LogP contribution is 2.33. The molecule has 0 saturated heterocycles. The van der Waals surface area contributed by atoms with Gasteiger partial charge in [0, 0.05) is 5.39 Å². The first kappa shape index (κ1) is 12.9. The lowest BCUT2D eigenvalue weighted by atomic mass is 9.86. The van der Waals surface area contributed by atoms with Crippen molar-refractivity contribution in [2.24, 2.45) is 5.92 Å². The number of nitrogens with zero attached hydrogens (tertiary/aromatic N) is 1. The molecule has 0 amide bonds. The maximum Gasteiger partial charge on any atom is 0.309 e. The fourth-order valence-corrected chi connectivity index (χ4v) is 2.80. The zero-order valence-corrected chi connectivity index (χ0v) is 11.6. The number of allylic oxidation sites excluding steroid dienone is 2. The number of aromatic amines is 1. The van der Waals surface area contributed by atoms with E-state index in [1.165, 1.54) is 11.1 Å². The SMILES string of the molecule is CCOC(=O)C1CC=C(c2cccc3[nH]ncc23)CC1. The third-order valence-corrected chi connectivity index (χ3v) is 3.86. The number of carbonyl (C=O) groups excluding carboxylic acids is 1. The van der Waals surface area contributed by atoms with Crippen molar-refractivity contribution >= 4 is 22.4 Å². The minimum absolute atomic E-state index is 0.0160. The summed E-state index contributed by atoms with van der Waals surface area (Å²) < 4.78 is 5.10. The maximum atomic E-state index is 11.7. The predicted octanol–water partition coefficient (Wildman–Crippen LogP) is 3.31. The summed E-state index contributed by atoms with van der Waals surface area (Å²) in [6.45, 7) is 2.31. The van der Waals surface area contributed by atoms with Gasteiger partial charge in [0.25, 0.3) is 0 Å². The molecule has 0 bridgehead atoms. The Hall–Kier alpha value is -2.10. The number of esters is 1. The highest BCUT2D eigenvalue weighted by molar-refractivity contribution is 5.91. The van der Waals surface area contributed by atoms with E-state index in [9.17, 15) is 4.79 Å². The number of carbonyl (C=O) groups is 1. The van der Waals surface area contributed by atoms with Crippen LogP contribution in [-0.4, -0.2) is 22.8 Å².